The van der Waals surface area contributed by atoms with Crippen molar-refractivity contribution < 1.29 is 24.2 Å². The average Bonchev–Trinajstić information content (AvgIpc) is 2.62. The van der Waals surface area contributed by atoms with Gasteiger partial charge in [-0.1, -0.05) is 30.3 Å². The van der Waals surface area contributed by atoms with Crippen LogP contribution in [-0.2, 0) is 25.5 Å². The van der Waals surface area contributed by atoms with Gasteiger partial charge in [0.2, 0.25) is 11.8 Å². The van der Waals surface area contributed by atoms with E-state index in [4.69, 9.17) is 9.84 Å². The fourth-order valence-corrected chi connectivity index (χ4v) is 2.93. The van der Waals surface area contributed by atoms with E-state index in [0.717, 1.165) is 12.0 Å². The summed E-state index contributed by atoms with van der Waals surface area (Å²) in [4.78, 5) is 37.6. The molecule has 0 bridgehead atoms. The lowest BCUT2D eigenvalue weighted by Crippen LogP contribution is -2.50. The zero-order valence-electron chi connectivity index (χ0n) is 14.3. The second kappa shape index (κ2) is 9.17. The van der Waals surface area contributed by atoms with Crippen LogP contribution in [-0.4, -0.2) is 60.6 Å². The van der Waals surface area contributed by atoms with E-state index in [1.165, 1.54) is 7.11 Å². The first-order valence-corrected chi connectivity index (χ1v) is 8.35. The summed E-state index contributed by atoms with van der Waals surface area (Å²) in [7, 11) is 1.38. The number of nitrogens with zero attached hydrogens (tertiary/aromatic N) is 1. The Hall–Kier alpha value is -2.41. The molecule has 0 radical (unpaired) electrons. The maximum atomic E-state index is 12.4. The molecule has 0 aromatic heterocycles. The molecule has 2 unspecified atom stereocenters. The van der Waals surface area contributed by atoms with E-state index in [1.807, 2.05) is 30.3 Å². The first kappa shape index (κ1) is 18.9. The monoisotopic (exact) mass is 348 g/mol. The molecule has 2 amide bonds. The number of rotatable bonds is 7. The van der Waals surface area contributed by atoms with Gasteiger partial charge in [0, 0.05) is 20.2 Å². The van der Waals surface area contributed by atoms with Crippen LogP contribution >= 0.6 is 0 Å². The van der Waals surface area contributed by atoms with Crippen molar-refractivity contribution in [2.45, 2.75) is 25.3 Å². The molecule has 7 heteroatoms. The van der Waals surface area contributed by atoms with E-state index in [2.05, 4.69) is 5.32 Å². The molecule has 2 atom stereocenters. The summed E-state index contributed by atoms with van der Waals surface area (Å²) in [6.07, 6.45) is 1.66. The van der Waals surface area contributed by atoms with Crippen LogP contribution in [0.1, 0.15) is 18.4 Å². The summed E-state index contributed by atoms with van der Waals surface area (Å²) in [6.45, 7) is 0.844. The van der Waals surface area contributed by atoms with E-state index in [9.17, 15) is 14.4 Å². The Morgan fingerprint density at radius 1 is 1.32 bits per heavy atom. The first-order valence-electron chi connectivity index (χ1n) is 8.35. The van der Waals surface area contributed by atoms with Crippen LogP contribution in [0.15, 0.2) is 30.3 Å². The summed E-state index contributed by atoms with van der Waals surface area (Å²) >= 11 is 0. The third-order valence-corrected chi connectivity index (χ3v) is 4.29. The zero-order valence-corrected chi connectivity index (χ0v) is 14.3. The minimum absolute atomic E-state index is 0.0182. The maximum absolute atomic E-state index is 12.4. The van der Waals surface area contributed by atoms with Crippen molar-refractivity contribution in [2.24, 2.45) is 5.92 Å². The van der Waals surface area contributed by atoms with Crippen LogP contribution in [0.25, 0.3) is 0 Å². The molecular formula is C18H24N2O5. The number of likely N-dealkylation sites (tertiary alicyclic amines) is 1. The SMILES string of the molecule is COCC(NC(=O)C1CCCN(C(=O)Cc2ccccc2)C1)C(=O)O. The average molecular weight is 348 g/mol. The molecule has 1 heterocycles. The molecule has 1 saturated heterocycles. The van der Waals surface area contributed by atoms with E-state index in [0.29, 0.717) is 25.9 Å². The normalized spacial score (nSPS) is 18.4. The number of carboxylic acid groups (broad SMARTS) is 1. The Morgan fingerprint density at radius 2 is 2.04 bits per heavy atom. The van der Waals surface area contributed by atoms with Gasteiger partial charge < -0.3 is 20.1 Å². The summed E-state index contributed by atoms with van der Waals surface area (Å²) in [5.41, 5.74) is 0.935. The van der Waals surface area contributed by atoms with E-state index >= 15 is 0 Å². The number of nitrogens with one attached hydrogen (secondary N) is 1. The molecule has 2 rings (SSSR count). The Labute approximate surface area is 147 Å². The number of carbonyl (C=O) groups excluding carboxylic acids is 2. The van der Waals surface area contributed by atoms with Gasteiger partial charge in [0.25, 0.3) is 0 Å². The topological polar surface area (TPSA) is 95.9 Å². The van der Waals surface area contributed by atoms with Crippen LogP contribution in [0.4, 0.5) is 0 Å². The molecule has 0 saturated carbocycles. The van der Waals surface area contributed by atoms with Crippen LogP contribution in [0.2, 0.25) is 0 Å². The summed E-state index contributed by atoms with van der Waals surface area (Å²) < 4.78 is 4.82. The second-order valence-corrected chi connectivity index (χ2v) is 6.20. The number of piperidine rings is 1. The molecule has 25 heavy (non-hydrogen) atoms. The zero-order chi connectivity index (χ0) is 18.2. The molecule has 1 aromatic rings. The van der Waals surface area contributed by atoms with Crippen molar-refractivity contribution in [3.8, 4) is 0 Å². The first-order chi connectivity index (χ1) is 12.0. The highest BCUT2D eigenvalue weighted by atomic mass is 16.5. The van der Waals surface area contributed by atoms with Crippen molar-refractivity contribution in [3.63, 3.8) is 0 Å². The van der Waals surface area contributed by atoms with Crippen molar-refractivity contribution in [3.05, 3.63) is 35.9 Å². The van der Waals surface area contributed by atoms with Gasteiger partial charge in [0.15, 0.2) is 6.04 Å². The minimum atomic E-state index is -1.14. The lowest BCUT2D eigenvalue weighted by Gasteiger charge is -2.32. The van der Waals surface area contributed by atoms with Crippen molar-refractivity contribution in [1.29, 1.82) is 0 Å². The van der Waals surface area contributed by atoms with Gasteiger partial charge in [-0.2, -0.15) is 0 Å². The number of amides is 2. The predicted octanol–water partition coefficient (Wildman–Crippen LogP) is 0.684. The molecule has 7 nitrogen and oxygen atoms in total. The standard InChI is InChI=1S/C18H24N2O5/c1-25-12-15(18(23)24)19-17(22)14-8-5-9-20(11-14)16(21)10-13-6-3-2-4-7-13/h2-4,6-7,14-15H,5,8-12H2,1H3,(H,19,22)(H,23,24). The van der Waals surface area contributed by atoms with Gasteiger partial charge in [-0.15, -0.1) is 0 Å². The van der Waals surface area contributed by atoms with Crippen molar-refractivity contribution >= 4 is 17.8 Å². The van der Waals surface area contributed by atoms with E-state index in [1.54, 1.807) is 4.90 Å². The third kappa shape index (κ3) is 5.56. The number of aliphatic carboxylic acids is 1. The maximum Gasteiger partial charge on any atom is 0.328 e. The number of hydrogen-bond donors (Lipinski definition) is 2. The minimum Gasteiger partial charge on any atom is -0.480 e. The van der Waals surface area contributed by atoms with Gasteiger partial charge in [0.1, 0.15) is 0 Å². The molecule has 1 aliphatic heterocycles. The molecule has 1 fully saturated rings. The quantitative estimate of drug-likeness (QED) is 0.756. The largest absolute Gasteiger partial charge is 0.480 e. The number of ether oxygens (including phenoxy) is 1. The van der Waals surface area contributed by atoms with Crippen molar-refractivity contribution in [1.82, 2.24) is 10.2 Å². The number of benzene rings is 1. The molecule has 0 spiro atoms. The lowest BCUT2D eigenvalue weighted by molar-refractivity contribution is -0.145. The second-order valence-electron chi connectivity index (χ2n) is 6.20. The van der Waals surface area contributed by atoms with Gasteiger partial charge in [-0.3, -0.25) is 9.59 Å². The Balaban J connectivity index is 1.92. The van der Waals surface area contributed by atoms with Gasteiger partial charge in [-0.05, 0) is 18.4 Å². The van der Waals surface area contributed by atoms with Gasteiger partial charge >= 0.3 is 5.97 Å². The fraction of sp³-hybridized carbons (Fsp3) is 0.500. The molecule has 136 valence electrons. The number of carbonyl (C=O) groups is 3. The molecule has 2 N–H and O–H groups in total. The number of hydrogen-bond acceptors (Lipinski definition) is 4. The Morgan fingerprint density at radius 3 is 2.68 bits per heavy atom. The van der Waals surface area contributed by atoms with Crippen LogP contribution in [0.5, 0.6) is 0 Å². The lowest BCUT2D eigenvalue weighted by atomic mass is 9.96. The highest BCUT2D eigenvalue weighted by Crippen LogP contribution is 2.18. The number of carboxylic acids is 1. The molecule has 1 aromatic carbocycles. The third-order valence-electron chi connectivity index (χ3n) is 4.29. The summed E-state index contributed by atoms with van der Waals surface area (Å²) in [6, 6.07) is 8.39. The molecular weight excluding hydrogens is 324 g/mol. The summed E-state index contributed by atoms with van der Waals surface area (Å²) in [5.74, 6) is -1.90. The number of methoxy groups -OCH3 is 1. The molecule has 0 aliphatic carbocycles. The summed E-state index contributed by atoms with van der Waals surface area (Å²) in [5, 5.41) is 11.6. The van der Waals surface area contributed by atoms with Crippen LogP contribution in [0, 0.1) is 5.92 Å². The Bertz CT molecular complexity index is 605. The Kier molecular flexibility index (Phi) is 6.94. The van der Waals surface area contributed by atoms with E-state index in [-0.39, 0.29) is 18.4 Å². The van der Waals surface area contributed by atoms with E-state index < -0.39 is 17.9 Å². The van der Waals surface area contributed by atoms with Crippen LogP contribution in [0.3, 0.4) is 0 Å². The molecule has 1 aliphatic rings. The highest BCUT2D eigenvalue weighted by molar-refractivity contribution is 5.86. The highest BCUT2D eigenvalue weighted by Gasteiger charge is 2.30. The fourth-order valence-electron chi connectivity index (χ4n) is 2.93. The predicted molar refractivity (Wildman–Crippen MR) is 90.9 cm³/mol. The van der Waals surface area contributed by atoms with Gasteiger partial charge in [-0.25, -0.2) is 4.79 Å². The van der Waals surface area contributed by atoms with Gasteiger partial charge in [0.05, 0.1) is 18.9 Å². The van der Waals surface area contributed by atoms with Crippen LogP contribution < -0.4 is 5.32 Å². The smallest absolute Gasteiger partial charge is 0.328 e. The van der Waals surface area contributed by atoms with Crippen molar-refractivity contribution in [2.75, 3.05) is 26.8 Å².